The van der Waals surface area contributed by atoms with Gasteiger partial charge in [0.1, 0.15) is 6.54 Å². The van der Waals surface area contributed by atoms with E-state index in [9.17, 15) is 22.8 Å². The first-order chi connectivity index (χ1) is 13.7. The number of ether oxygens (including phenoxy) is 1. The lowest BCUT2D eigenvalue weighted by molar-refractivity contribution is -0.170. The number of aromatic nitrogens is 1. The van der Waals surface area contributed by atoms with Crippen LogP contribution >= 0.6 is 0 Å². The number of nitrogens with zero attached hydrogens (tertiary/aromatic N) is 1. The van der Waals surface area contributed by atoms with Crippen molar-refractivity contribution in [3.8, 4) is 0 Å². The molecule has 1 amide bonds. The molecule has 2 aromatic rings. The summed E-state index contributed by atoms with van der Waals surface area (Å²) in [6, 6.07) is 7.32. The van der Waals surface area contributed by atoms with Crippen LogP contribution in [0.1, 0.15) is 38.2 Å². The fraction of sp³-hybridized carbons (Fsp3) is 0.524. The Labute approximate surface area is 167 Å². The smallest absolute Gasteiger partial charge is 0.406 e. The number of fused-ring (bicyclic) bond motifs is 1. The Morgan fingerprint density at radius 2 is 2.00 bits per heavy atom. The number of H-pyrrole nitrogens is 1. The fourth-order valence-electron chi connectivity index (χ4n) is 3.54. The lowest BCUT2D eigenvalue weighted by Gasteiger charge is -2.30. The lowest BCUT2D eigenvalue weighted by Crippen LogP contribution is -2.47. The van der Waals surface area contributed by atoms with E-state index in [0.717, 1.165) is 34.2 Å². The van der Waals surface area contributed by atoms with E-state index >= 15 is 0 Å². The van der Waals surface area contributed by atoms with E-state index in [1.54, 1.807) is 6.92 Å². The second-order valence-corrected chi connectivity index (χ2v) is 7.59. The molecule has 29 heavy (non-hydrogen) atoms. The van der Waals surface area contributed by atoms with Gasteiger partial charge in [0.05, 0.1) is 0 Å². The van der Waals surface area contributed by atoms with Crippen LogP contribution in [0.2, 0.25) is 0 Å². The summed E-state index contributed by atoms with van der Waals surface area (Å²) in [5.74, 6) is -1.29. The molecule has 1 fully saturated rings. The first-order valence-corrected chi connectivity index (χ1v) is 9.81. The van der Waals surface area contributed by atoms with Crippen molar-refractivity contribution in [2.75, 3.05) is 13.2 Å². The van der Waals surface area contributed by atoms with Crippen LogP contribution in [0.3, 0.4) is 0 Å². The van der Waals surface area contributed by atoms with Gasteiger partial charge in [-0.3, -0.25) is 9.59 Å². The molecule has 0 spiro atoms. The van der Waals surface area contributed by atoms with Gasteiger partial charge in [0, 0.05) is 29.6 Å². The van der Waals surface area contributed by atoms with E-state index in [2.05, 4.69) is 4.98 Å². The maximum atomic E-state index is 12.8. The van der Waals surface area contributed by atoms with E-state index in [1.807, 2.05) is 30.5 Å². The van der Waals surface area contributed by atoms with Crippen molar-refractivity contribution in [3.63, 3.8) is 0 Å². The number of rotatable bonds is 9. The first-order valence-electron chi connectivity index (χ1n) is 9.81. The van der Waals surface area contributed by atoms with E-state index in [1.165, 1.54) is 0 Å². The first kappa shape index (κ1) is 21.2. The monoisotopic (exact) mass is 410 g/mol. The van der Waals surface area contributed by atoms with Crippen molar-refractivity contribution in [3.05, 3.63) is 36.0 Å². The topological polar surface area (TPSA) is 62.4 Å². The fourth-order valence-corrected chi connectivity index (χ4v) is 3.54. The quantitative estimate of drug-likeness (QED) is 0.630. The van der Waals surface area contributed by atoms with Crippen LogP contribution in [0, 0.1) is 5.92 Å². The average Bonchev–Trinajstić information content (AvgIpc) is 3.44. The maximum Gasteiger partial charge on any atom is 0.406 e. The van der Waals surface area contributed by atoms with Crippen LogP contribution in [-0.4, -0.2) is 47.1 Å². The van der Waals surface area contributed by atoms with Crippen LogP contribution in [-0.2, 0) is 20.7 Å². The number of aromatic amines is 1. The molecule has 0 bridgehead atoms. The highest BCUT2D eigenvalue weighted by Gasteiger charge is 2.40. The lowest BCUT2D eigenvalue weighted by atomic mass is 10.1. The van der Waals surface area contributed by atoms with E-state index < -0.39 is 37.2 Å². The highest BCUT2D eigenvalue weighted by atomic mass is 19.4. The van der Waals surface area contributed by atoms with Gasteiger partial charge in [0.25, 0.3) is 5.91 Å². The molecule has 1 aliphatic rings. The molecule has 3 rings (SSSR count). The molecule has 5 nitrogen and oxygen atoms in total. The van der Waals surface area contributed by atoms with Crippen molar-refractivity contribution >= 4 is 22.8 Å². The molecule has 1 aromatic heterocycles. The number of halogens is 3. The van der Waals surface area contributed by atoms with Crippen molar-refractivity contribution in [2.24, 2.45) is 5.92 Å². The van der Waals surface area contributed by atoms with Gasteiger partial charge in [-0.15, -0.1) is 0 Å². The second-order valence-electron chi connectivity index (χ2n) is 7.59. The highest BCUT2D eigenvalue weighted by Crippen LogP contribution is 2.36. The Hall–Kier alpha value is -2.51. The summed E-state index contributed by atoms with van der Waals surface area (Å²) < 4.78 is 43.4. The summed E-state index contributed by atoms with van der Waals surface area (Å²) in [6.07, 6.45) is 0.332. The number of aryl methyl sites for hydroxylation is 1. The number of benzene rings is 1. The van der Waals surface area contributed by atoms with Crippen LogP contribution in [0.25, 0.3) is 10.9 Å². The van der Waals surface area contributed by atoms with Crippen molar-refractivity contribution in [2.45, 2.75) is 51.2 Å². The Morgan fingerprint density at radius 3 is 2.69 bits per heavy atom. The van der Waals surface area contributed by atoms with Crippen LogP contribution in [0.5, 0.6) is 0 Å². The Bertz CT molecular complexity index is 858. The minimum atomic E-state index is -4.48. The molecule has 1 aliphatic carbocycles. The minimum Gasteiger partial charge on any atom is -0.456 e. The van der Waals surface area contributed by atoms with E-state index in [-0.39, 0.29) is 12.3 Å². The van der Waals surface area contributed by atoms with Gasteiger partial charge in [0.2, 0.25) is 0 Å². The zero-order valence-electron chi connectivity index (χ0n) is 16.3. The van der Waals surface area contributed by atoms with Gasteiger partial charge in [-0.25, -0.2) is 0 Å². The van der Waals surface area contributed by atoms with Crippen LogP contribution in [0.15, 0.2) is 30.5 Å². The van der Waals surface area contributed by atoms with Gasteiger partial charge < -0.3 is 14.6 Å². The normalized spacial score (nSPS) is 15.3. The molecular formula is C21H25F3N2O3. The highest BCUT2D eigenvalue weighted by molar-refractivity contribution is 5.83. The second kappa shape index (κ2) is 8.88. The zero-order valence-corrected chi connectivity index (χ0v) is 16.3. The summed E-state index contributed by atoms with van der Waals surface area (Å²) in [6.45, 7) is -0.356. The van der Waals surface area contributed by atoms with Crippen LogP contribution < -0.4 is 0 Å². The third-order valence-electron chi connectivity index (χ3n) is 5.32. The largest absolute Gasteiger partial charge is 0.456 e. The van der Waals surface area contributed by atoms with Gasteiger partial charge in [-0.1, -0.05) is 18.2 Å². The number of hydrogen-bond acceptors (Lipinski definition) is 3. The summed E-state index contributed by atoms with van der Waals surface area (Å²) in [7, 11) is 0. The average molecular weight is 410 g/mol. The van der Waals surface area contributed by atoms with Crippen molar-refractivity contribution in [1.82, 2.24) is 9.88 Å². The van der Waals surface area contributed by atoms with Gasteiger partial charge >= 0.3 is 12.1 Å². The van der Waals surface area contributed by atoms with Gasteiger partial charge in [-0.2, -0.15) is 13.2 Å². The number of alkyl halides is 3. The number of para-hydroxylation sites is 1. The van der Waals surface area contributed by atoms with E-state index in [4.69, 9.17) is 4.74 Å². The van der Waals surface area contributed by atoms with E-state index in [0.29, 0.717) is 12.8 Å². The molecule has 1 heterocycles. The van der Waals surface area contributed by atoms with Gasteiger partial charge in [0.15, 0.2) is 6.61 Å². The van der Waals surface area contributed by atoms with Crippen molar-refractivity contribution < 1.29 is 27.5 Å². The number of hydrogen-bond donors (Lipinski definition) is 1. The third-order valence-corrected chi connectivity index (χ3v) is 5.32. The summed E-state index contributed by atoms with van der Waals surface area (Å²) in [5.41, 5.74) is 2.10. The number of carbonyl (C=O) groups excluding carboxylic acids is 2. The molecular weight excluding hydrogens is 385 g/mol. The Morgan fingerprint density at radius 1 is 1.28 bits per heavy atom. The molecule has 0 saturated heterocycles. The molecule has 1 aromatic carbocycles. The molecule has 8 heteroatoms. The number of nitrogens with one attached hydrogen (secondary N) is 1. The molecule has 1 saturated carbocycles. The third kappa shape index (κ3) is 5.98. The molecule has 1 atom stereocenters. The zero-order chi connectivity index (χ0) is 21.0. The van der Waals surface area contributed by atoms with Crippen molar-refractivity contribution in [1.29, 1.82) is 0 Å². The number of esters is 1. The standard InChI is InChI=1S/C21H25F3N2O3/c1-14(15-9-10-15)26(13-21(22,23)24)19(27)12-29-20(28)8-4-5-16-11-25-18-7-3-2-6-17(16)18/h2-3,6-7,11,14-15,25H,4-5,8-10,12-13H2,1H3. The predicted molar refractivity (Wildman–Crippen MR) is 102 cm³/mol. The molecule has 0 aliphatic heterocycles. The molecule has 0 radical (unpaired) electrons. The molecule has 1 N–H and O–H groups in total. The number of carbonyl (C=O) groups is 2. The Balaban J connectivity index is 1.45. The predicted octanol–water partition coefficient (Wildman–Crippen LogP) is 4.22. The summed E-state index contributed by atoms with van der Waals surface area (Å²) in [4.78, 5) is 28.1. The minimum absolute atomic E-state index is 0.0909. The van der Waals surface area contributed by atoms with Gasteiger partial charge in [-0.05, 0) is 50.2 Å². The SMILES string of the molecule is CC(C1CC1)N(CC(F)(F)F)C(=O)COC(=O)CCCc1c[nH]c2ccccc12. The summed E-state index contributed by atoms with van der Waals surface area (Å²) >= 11 is 0. The Kier molecular flexibility index (Phi) is 6.49. The van der Waals surface area contributed by atoms with Crippen LogP contribution in [0.4, 0.5) is 13.2 Å². The number of amides is 1. The summed E-state index contributed by atoms with van der Waals surface area (Å²) in [5, 5.41) is 1.09. The molecule has 1 unspecified atom stereocenters. The maximum absolute atomic E-state index is 12.8. The molecule has 158 valence electrons.